The minimum Gasteiger partial charge on any atom is -0.306 e. The van der Waals surface area contributed by atoms with Crippen LogP contribution in [-0.4, -0.2) is 49.3 Å². The predicted octanol–water partition coefficient (Wildman–Crippen LogP) is 0.985. The van der Waals surface area contributed by atoms with Crippen molar-refractivity contribution in [1.29, 1.82) is 0 Å². The highest BCUT2D eigenvalue weighted by molar-refractivity contribution is 14.1. The van der Waals surface area contributed by atoms with Crippen molar-refractivity contribution in [2.45, 2.75) is 39.5 Å². The Morgan fingerprint density at radius 2 is 1.92 bits per heavy atom. The Kier molecular flexibility index (Phi) is 4.91. The van der Waals surface area contributed by atoms with E-state index in [-0.39, 0.29) is 5.78 Å². The molecule has 1 atom stereocenters. The third-order valence-corrected chi connectivity index (χ3v) is 7.08. The van der Waals surface area contributed by atoms with Crippen molar-refractivity contribution < 1.29 is 4.79 Å². The molecule has 1 unspecified atom stereocenters. The average molecular weight is 434 g/mol. The normalized spacial score (nSPS) is 19.1. The maximum atomic E-state index is 12.4. The minimum atomic E-state index is 0.170. The number of piperidine rings is 1. The topological polar surface area (TPSA) is 25.2 Å². The maximum absolute atomic E-state index is 12.4. The van der Waals surface area contributed by atoms with Crippen LogP contribution in [0.5, 0.6) is 0 Å². The number of nitrogens with zero attached hydrogens (tertiary/aromatic N) is 2. The summed E-state index contributed by atoms with van der Waals surface area (Å²) in [6, 6.07) is 0. The van der Waals surface area contributed by atoms with Gasteiger partial charge in [0.25, 0.3) is 0 Å². The first kappa shape index (κ1) is 18.1. The molecule has 0 aliphatic carbocycles. The molecule has 0 N–H and O–H groups in total. The van der Waals surface area contributed by atoms with E-state index in [0.717, 1.165) is 23.1 Å². The first-order valence-electron chi connectivity index (χ1n) is 8.76. The van der Waals surface area contributed by atoms with Gasteiger partial charge in [0.05, 0.1) is 28.4 Å². The van der Waals surface area contributed by atoms with E-state index in [1.165, 1.54) is 47.1 Å². The summed E-state index contributed by atoms with van der Waals surface area (Å²) in [6.45, 7) is 8.37. The van der Waals surface area contributed by atoms with Crippen molar-refractivity contribution in [2.75, 3.05) is 20.1 Å². The summed E-state index contributed by atoms with van der Waals surface area (Å²) >= 11 is 2.36. The molecule has 1 aromatic heterocycles. The molecule has 2 heterocycles. The van der Waals surface area contributed by atoms with Gasteiger partial charge in [-0.25, -0.2) is 0 Å². The van der Waals surface area contributed by atoms with E-state index in [2.05, 4.69) is 67.1 Å². The summed E-state index contributed by atoms with van der Waals surface area (Å²) in [4.78, 5) is 14.9. The molecular formula is C18H25B2IN2O. The number of hydrogen-bond donors (Lipinski definition) is 0. The summed E-state index contributed by atoms with van der Waals surface area (Å²) in [5, 5.41) is 1.33. The van der Waals surface area contributed by atoms with Gasteiger partial charge in [0.15, 0.2) is 5.78 Å². The molecule has 1 fully saturated rings. The summed E-state index contributed by atoms with van der Waals surface area (Å²) < 4.78 is 2.20. The number of rotatable bonds is 2. The Bertz CT molecular complexity index is 844. The molecule has 0 bridgehead atoms. The summed E-state index contributed by atoms with van der Waals surface area (Å²) in [5.74, 6) is 0.728. The number of halogens is 1. The van der Waals surface area contributed by atoms with Crippen molar-refractivity contribution in [1.82, 2.24) is 7.68 Å². The maximum Gasteiger partial charge on any atom is 0.161 e. The third kappa shape index (κ3) is 2.66. The number of likely N-dealkylation sites (tertiary alicyclic amines) is 1. The van der Waals surface area contributed by atoms with Crippen LogP contribution in [0, 0.1) is 13.8 Å². The molecule has 1 saturated heterocycles. The van der Waals surface area contributed by atoms with Crippen LogP contribution in [0.2, 0.25) is 0 Å². The first-order valence-corrected chi connectivity index (χ1v) is 9.72. The molecule has 3 nitrogen and oxygen atoms in total. The molecule has 0 saturated carbocycles. The van der Waals surface area contributed by atoms with Crippen LogP contribution in [-0.2, 0) is 0 Å². The summed E-state index contributed by atoms with van der Waals surface area (Å²) in [6.07, 6.45) is 2.49. The molecule has 1 aliphatic rings. The van der Waals surface area contributed by atoms with Crippen molar-refractivity contribution >= 4 is 66.2 Å². The monoisotopic (exact) mass is 434 g/mol. The Morgan fingerprint density at radius 1 is 1.25 bits per heavy atom. The van der Waals surface area contributed by atoms with Crippen LogP contribution in [0.4, 0.5) is 0 Å². The van der Waals surface area contributed by atoms with E-state index in [0.29, 0.717) is 5.92 Å². The molecule has 0 amide bonds. The Labute approximate surface area is 160 Å². The van der Waals surface area contributed by atoms with Gasteiger partial charge in [-0.3, -0.25) is 7.58 Å². The van der Waals surface area contributed by atoms with Crippen LogP contribution >= 0.6 is 22.9 Å². The van der Waals surface area contributed by atoms with Crippen LogP contribution in [0.25, 0.3) is 10.9 Å². The van der Waals surface area contributed by atoms with Gasteiger partial charge >= 0.3 is 0 Å². The Balaban J connectivity index is 2.42. The van der Waals surface area contributed by atoms with Crippen LogP contribution < -0.4 is 10.9 Å². The van der Waals surface area contributed by atoms with Gasteiger partial charge in [0, 0.05) is 23.2 Å². The van der Waals surface area contributed by atoms with Gasteiger partial charge in [-0.2, -0.15) is 0 Å². The van der Waals surface area contributed by atoms with Gasteiger partial charge in [0.2, 0.25) is 0 Å². The highest BCUT2D eigenvalue weighted by atomic mass is 127. The van der Waals surface area contributed by atoms with Crippen LogP contribution in [0.15, 0.2) is 0 Å². The Morgan fingerprint density at radius 3 is 2.50 bits per heavy atom. The number of benzene rings is 1. The van der Waals surface area contributed by atoms with Gasteiger partial charge in [-0.1, -0.05) is 10.9 Å². The molecule has 1 aliphatic heterocycles. The number of hydrogen-bond acceptors (Lipinski definition) is 2. The van der Waals surface area contributed by atoms with Crippen molar-refractivity contribution in [3.8, 4) is 0 Å². The highest BCUT2D eigenvalue weighted by Crippen LogP contribution is 2.37. The van der Waals surface area contributed by atoms with E-state index in [9.17, 15) is 4.79 Å². The number of fused-ring (bicyclic) bond motifs is 1. The second kappa shape index (κ2) is 6.52. The second-order valence-electron chi connectivity index (χ2n) is 7.41. The zero-order valence-electron chi connectivity index (χ0n) is 15.6. The molecule has 0 radical (unpaired) electrons. The lowest BCUT2D eigenvalue weighted by atomic mass is 9.69. The van der Waals surface area contributed by atoms with Crippen molar-refractivity contribution in [2.24, 2.45) is 0 Å². The number of Topliss-reactive ketones (excluding diaryl/α,β-unsaturated/α-hetero) is 1. The lowest BCUT2D eigenvalue weighted by Gasteiger charge is -2.32. The van der Waals surface area contributed by atoms with Gasteiger partial charge in [-0.15, -0.1) is 0 Å². The molecule has 126 valence electrons. The predicted molar refractivity (Wildman–Crippen MR) is 117 cm³/mol. The molecule has 1 aromatic carbocycles. The van der Waals surface area contributed by atoms with E-state index >= 15 is 0 Å². The number of carbonyl (C=O) groups excluding carboxylic acids is 1. The largest absolute Gasteiger partial charge is 0.306 e. The van der Waals surface area contributed by atoms with Crippen molar-refractivity contribution in [3.05, 3.63) is 22.4 Å². The second-order valence-corrected chi connectivity index (χ2v) is 8.38. The fraction of sp³-hybridized carbons (Fsp3) is 0.500. The lowest BCUT2D eigenvalue weighted by Crippen LogP contribution is -2.39. The molecule has 0 spiro atoms. The van der Waals surface area contributed by atoms with E-state index in [1.807, 2.05) is 0 Å². The molecular weight excluding hydrogens is 409 g/mol. The zero-order chi connectivity index (χ0) is 17.8. The Hall–Kier alpha value is -0.750. The first-order chi connectivity index (χ1) is 11.3. The number of likely N-dealkylation sites (N-methyl/N-ethyl adjacent to an activating group) is 1. The third-order valence-electron chi connectivity index (χ3n) is 5.88. The fourth-order valence-corrected chi connectivity index (χ4v) is 5.27. The average Bonchev–Trinajstić information content (AvgIpc) is 2.73. The number of ketones is 1. The van der Waals surface area contributed by atoms with E-state index in [4.69, 9.17) is 0 Å². The van der Waals surface area contributed by atoms with E-state index in [1.54, 1.807) is 6.92 Å². The zero-order valence-corrected chi connectivity index (χ0v) is 17.7. The summed E-state index contributed by atoms with van der Waals surface area (Å²) in [5.41, 5.74) is 8.57. The molecule has 3 rings (SSSR count). The summed E-state index contributed by atoms with van der Waals surface area (Å²) in [7, 11) is 6.55. The minimum absolute atomic E-state index is 0.170. The van der Waals surface area contributed by atoms with Gasteiger partial charge in [0.1, 0.15) is 15.7 Å². The van der Waals surface area contributed by atoms with E-state index < -0.39 is 0 Å². The smallest absolute Gasteiger partial charge is 0.161 e. The van der Waals surface area contributed by atoms with Crippen LogP contribution in [0.3, 0.4) is 0 Å². The van der Waals surface area contributed by atoms with Crippen LogP contribution in [0.1, 0.15) is 52.9 Å². The molecule has 2 aromatic rings. The molecule has 6 heteroatoms. The fourth-order valence-electron chi connectivity index (χ4n) is 4.42. The highest BCUT2D eigenvalue weighted by Gasteiger charge is 2.28. The standard InChI is InChI=1S/C18H25B2IN2O/c1-9-10(2)23(21)18-13(9)15(12-6-5-7-22(4)8-12)17(20)16(19)14(18)11(3)24/h12H,5-8,19-20H2,1-4H3. The number of aromatic nitrogens is 1. The molecule has 24 heavy (non-hydrogen) atoms. The SMILES string of the molecule is Bc1c(B)c(C(C)=O)c2c(c(C)c(C)n2I)c1C1CCCN(C)C1. The number of carbonyl (C=O) groups is 1. The quantitative estimate of drug-likeness (QED) is 0.401. The lowest BCUT2D eigenvalue weighted by molar-refractivity contribution is 0.102. The number of aryl methyl sites for hydroxylation is 1. The van der Waals surface area contributed by atoms with Gasteiger partial charge in [-0.05, 0) is 64.3 Å². The van der Waals surface area contributed by atoms with Gasteiger partial charge < -0.3 is 4.90 Å². The van der Waals surface area contributed by atoms with Crippen molar-refractivity contribution in [3.63, 3.8) is 0 Å².